The topological polar surface area (TPSA) is 35.1 Å². The summed E-state index contributed by atoms with van der Waals surface area (Å²) in [4.78, 5) is 4.50. The third-order valence-electron chi connectivity index (χ3n) is 3.78. The van der Waals surface area contributed by atoms with Crippen molar-refractivity contribution in [2.45, 2.75) is 31.7 Å². The molecule has 1 aliphatic carbocycles. The summed E-state index contributed by atoms with van der Waals surface area (Å²) in [6, 6.07) is 5.46. The second-order valence-electron chi connectivity index (χ2n) is 5.47. The Balaban J connectivity index is 1.60. The second-order valence-corrected chi connectivity index (χ2v) is 5.47. The minimum Gasteiger partial charge on any atom is -0.306 e. The first-order chi connectivity index (χ1) is 10.2. The lowest BCUT2D eigenvalue weighted by molar-refractivity contribution is 0.145. The minimum atomic E-state index is -2.53. The number of pyridine rings is 1. The van der Waals surface area contributed by atoms with Gasteiger partial charge in [-0.15, -0.1) is 0 Å². The number of alkyl halides is 2. The van der Waals surface area contributed by atoms with Crippen LogP contribution in [0.25, 0.3) is 5.65 Å². The van der Waals surface area contributed by atoms with Crippen LogP contribution in [0.3, 0.4) is 0 Å². The van der Waals surface area contributed by atoms with Crippen LogP contribution < -0.4 is 0 Å². The van der Waals surface area contributed by atoms with Crippen molar-refractivity contribution in [1.82, 2.24) is 19.2 Å². The first-order valence-electron chi connectivity index (χ1n) is 6.98. The summed E-state index contributed by atoms with van der Waals surface area (Å²) < 4.78 is 28.5. The molecule has 0 aromatic carbocycles. The summed E-state index contributed by atoms with van der Waals surface area (Å²) in [5.74, 6) is 0.694. The maximum absolute atomic E-state index is 12.5. The monoisotopic (exact) mass is 288 g/mol. The van der Waals surface area contributed by atoms with Crippen molar-refractivity contribution in [1.29, 1.82) is 0 Å². The van der Waals surface area contributed by atoms with Gasteiger partial charge in [-0.05, 0) is 36.5 Å². The Labute approximate surface area is 120 Å². The molecule has 1 aliphatic rings. The summed E-state index contributed by atoms with van der Waals surface area (Å²) >= 11 is 0. The van der Waals surface area contributed by atoms with E-state index in [4.69, 9.17) is 0 Å². The van der Waals surface area contributed by atoms with Crippen molar-refractivity contribution in [3.63, 3.8) is 0 Å². The van der Waals surface area contributed by atoms with Crippen LogP contribution in [0.2, 0.25) is 0 Å². The molecule has 0 spiro atoms. The van der Waals surface area contributed by atoms with Crippen LogP contribution in [0, 0.1) is 0 Å². The Kier molecular flexibility index (Phi) is 2.77. The molecule has 0 unspecified atom stereocenters. The van der Waals surface area contributed by atoms with E-state index in [1.165, 1.54) is 29.2 Å². The Bertz CT molecular complexity index is 786. The van der Waals surface area contributed by atoms with Gasteiger partial charge in [0.15, 0.2) is 0 Å². The molecule has 0 bridgehead atoms. The molecule has 21 heavy (non-hydrogen) atoms. The van der Waals surface area contributed by atoms with E-state index in [1.807, 2.05) is 16.7 Å². The van der Waals surface area contributed by atoms with Crippen LogP contribution in [0.15, 0.2) is 36.8 Å². The molecule has 1 fully saturated rings. The quantitative estimate of drug-likeness (QED) is 0.737. The summed E-state index contributed by atoms with van der Waals surface area (Å²) in [6.45, 7) is 0.396. The highest BCUT2D eigenvalue weighted by atomic mass is 19.3. The highest BCUT2D eigenvalue weighted by molar-refractivity contribution is 5.42. The average molecular weight is 288 g/mol. The Hall–Kier alpha value is -2.24. The SMILES string of the molecule is FC(F)c1ccn(Cc2cn3cc(C4CC4)ccc3n2)n1. The van der Waals surface area contributed by atoms with Crippen LogP contribution in [0.5, 0.6) is 0 Å². The number of fused-ring (bicyclic) bond motifs is 1. The van der Waals surface area contributed by atoms with Crippen molar-refractivity contribution in [3.8, 4) is 0 Å². The molecule has 0 radical (unpaired) electrons. The molecule has 0 aliphatic heterocycles. The summed E-state index contributed by atoms with van der Waals surface area (Å²) in [5.41, 5.74) is 2.82. The molecule has 6 heteroatoms. The number of halogens is 2. The smallest absolute Gasteiger partial charge is 0.282 e. The highest BCUT2D eigenvalue weighted by Gasteiger charge is 2.23. The maximum atomic E-state index is 12.5. The van der Waals surface area contributed by atoms with Gasteiger partial charge >= 0.3 is 0 Å². The lowest BCUT2D eigenvalue weighted by Crippen LogP contribution is -2.01. The lowest BCUT2D eigenvalue weighted by atomic mass is 10.2. The molecule has 1 saturated carbocycles. The van der Waals surface area contributed by atoms with Crippen LogP contribution in [0.4, 0.5) is 8.78 Å². The molecule has 4 nitrogen and oxygen atoms in total. The number of hydrogen-bond acceptors (Lipinski definition) is 2. The fraction of sp³-hybridized carbons (Fsp3) is 0.333. The lowest BCUT2D eigenvalue weighted by Gasteiger charge is -1.98. The van der Waals surface area contributed by atoms with Crippen LogP contribution in [-0.4, -0.2) is 19.2 Å². The van der Waals surface area contributed by atoms with E-state index < -0.39 is 6.43 Å². The van der Waals surface area contributed by atoms with Gasteiger partial charge in [-0.2, -0.15) is 5.10 Å². The van der Waals surface area contributed by atoms with E-state index in [0.717, 1.165) is 11.3 Å². The predicted molar refractivity (Wildman–Crippen MR) is 73.5 cm³/mol. The third-order valence-corrected chi connectivity index (χ3v) is 3.78. The van der Waals surface area contributed by atoms with E-state index >= 15 is 0 Å². The van der Waals surface area contributed by atoms with Gasteiger partial charge < -0.3 is 4.40 Å². The Morgan fingerprint density at radius 2 is 2.05 bits per heavy atom. The zero-order valence-electron chi connectivity index (χ0n) is 11.3. The standard InChI is InChI=1S/C15H14F2N4/c16-15(17)13-5-6-21(19-13)9-12-8-20-7-11(10-1-2-10)3-4-14(20)18-12/h3-8,10,15H,1-2,9H2. The van der Waals surface area contributed by atoms with Gasteiger partial charge in [0.2, 0.25) is 0 Å². The molecule has 0 saturated heterocycles. The second kappa shape index (κ2) is 4.65. The zero-order valence-corrected chi connectivity index (χ0v) is 11.3. The number of aromatic nitrogens is 4. The van der Waals surface area contributed by atoms with Crippen molar-refractivity contribution in [2.24, 2.45) is 0 Å². The van der Waals surface area contributed by atoms with Gasteiger partial charge in [-0.3, -0.25) is 4.68 Å². The van der Waals surface area contributed by atoms with Crippen molar-refractivity contribution < 1.29 is 8.78 Å². The van der Waals surface area contributed by atoms with Gasteiger partial charge in [0.05, 0.1) is 12.2 Å². The van der Waals surface area contributed by atoms with Crippen LogP contribution in [-0.2, 0) is 6.54 Å². The van der Waals surface area contributed by atoms with Gasteiger partial charge in [-0.1, -0.05) is 6.07 Å². The number of rotatable bonds is 4. The van der Waals surface area contributed by atoms with Crippen molar-refractivity contribution >= 4 is 5.65 Å². The highest BCUT2D eigenvalue weighted by Crippen LogP contribution is 2.39. The van der Waals surface area contributed by atoms with E-state index in [2.05, 4.69) is 22.3 Å². The molecule has 3 aromatic heterocycles. The van der Waals surface area contributed by atoms with Gasteiger partial charge in [0, 0.05) is 18.6 Å². The normalized spacial score (nSPS) is 15.2. The Morgan fingerprint density at radius 3 is 2.76 bits per heavy atom. The summed E-state index contributed by atoms with van der Waals surface area (Å²) in [5, 5.41) is 3.85. The molecule has 0 N–H and O–H groups in total. The Morgan fingerprint density at radius 1 is 1.19 bits per heavy atom. The van der Waals surface area contributed by atoms with Crippen LogP contribution in [0.1, 0.15) is 42.1 Å². The molecule has 0 atom stereocenters. The predicted octanol–water partition coefficient (Wildman–Crippen LogP) is 3.39. The van der Waals surface area contributed by atoms with E-state index in [0.29, 0.717) is 12.5 Å². The first kappa shape index (κ1) is 12.5. The van der Waals surface area contributed by atoms with Crippen LogP contribution >= 0.6 is 0 Å². The summed E-state index contributed by atoms with van der Waals surface area (Å²) in [7, 11) is 0. The zero-order chi connectivity index (χ0) is 14.4. The van der Waals surface area contributed by atoms with Gasteiger partial charge in [0.1, 0.15) is 11.3 Å². The maximum Gasteiger partial charge on any atom is 0.282 e. The first-order valence-corrected chi connectivity index (χ1v) is 6.98. The average Bonchev–Trinajstić information content (AvgIpc) is 3.07. The fourth-order valence-electron chi connectivity index (χ4n) is 2.54. The molecular weight excluding hydrogens is 274 g/mol. The van der Waals surface area contributed by atoms with E-state index in [-0.39, 0.29) is 5.69 Å². The molecule has 3 heterocycles. The molecule has 3 aromatic rings. The fourth-order valence-corrected chi connectivity index (χ4v) is 2.54. The molecule has 4 rings (SSSR count). The molecule has 108 valence electrons. The van der Waals surface area contributed by atoms with E-state index in [1.54, 1.807) is 6.20 Å². The van der Waals surface area contributed by atoms with Crippen molar-refractivity contribution in [3.05, 3.63) is 53.7 Å². The third kappa shape index (κ3) is 2.41. The number of nitrogens with zero attached hydrogens (tertiary/aromatic N) is 4. The number of imidazole rings is 1. The number of hydrogen-bond donors (Lipinski definition) is 0. The minimum absolute atomic E-state index is 0.199. The molecule has 0 amide bonds. The molecular formula is C15H14F2N4. The van der Waals surface area contributed by atoms with Gasteiger partial charge in [-0.25, -0.2) is 13.8 Å². The largest absolute Gasteiger partial charge is 0.306 e. The van der Waals surface area contributed by atoms with E-state index in [9.17, 15) is 8.78 Å². The van der Waals surface area contributed by atoms with Crippen molar-refractivity contribution in [2.75, 3.05) is 0 Å². The summed E-state index contributed by atoms with van der Waals surface area (Å²) in [6.07, 6.45) is 5.59. The van der Waals surface area contributed by atoms with Gasteiger partial charge in [0.25, 0.3) is 6.43 Å².